The number of carbonyl (C=O) groups is 1. The summed E-state index contributed by atoms with van der Waals surface area (Å²) in [5.74, 6) is 0.111. The highest BCUT2D eigenvalue weighted by molar-refractivity contribution is 7.15. The van der Waals surface area contributed by atoms with Crippen molar-refractivity contribution in [3.8, 4) is 5.75 Å². The van der Waals surface area contributed by atoms with E-state index < -0.39 is 17.8 Å². The van der Waals surface area contributed by atoms with Crippen molar-refractivity contribution in [1.82, 2.24) is 25.4 Å². The van der Waals surface area contributed by atoms with E-state index in [1.807, 2.05) is 0 Å². The standard InChI is InChI=1S/C20H22FN7O3S/c1-30-15-10-13(3-4-14(15)21)17(31-2)18(29)24-20-27-25-16(32-20)9-12-5-8-28(11-12)19-22-6-7-23-26-19/h3-4,6-7,10,12,17H,5,8-9,11H2,1-2H3,(H,24,27,29)/t12-,17+/m0/s1. The molecule has 10 nitrogen and oxygen atoms in total. The Kier molecular flexibility index (Phi) is 6.81. The minimum atomic E-state index is -0.945. The highest BCUT2D eigenvalue weighted by Crippen LogP contribution is 2.28. The smallest absolute Gasteiger partial charge is 0.259 e. The number of nitrogens with zero attached hydrogens (tertiary/aromatic N) is 6. The fourth-order valence-corrected chi connectivity index (χ4v) is 4.46. The van der Waals surface area contributed by atoms with Gasteiger partial charge in [-0.1, -0.05) is 17.4 Å². The maximum atomic E-state index is 13.7. The molecule has 2 atom stereocenters. The molecule has 1 N–H and O–H groups in total. The first-order chi connectivity index (χ1) is 15.6. The second-order valence-corrected chi connectivity index (χ2v) is 8.31. The third kappa shape index (κ3) is 4.97. The van der Waals surface area contributed by atoms with Crippen LogP contribution in [-0.4, -0.2) is 58.6 Å². The molecule has 0 bridgehead atoms. The first-order valence-corrected chi connectivity index (χ1v) is 10.8. The monoisotopic (exact) mass is 459 g/mol. The highest BCUT2D eigenvalue weighted by Gasteiger charge is 2.27. The zero-order valence-electron chi connectivity index (χ0n) is 17.6. The molecule has 2 aromatic heterocycles. The molecule has 1 fully saturated rings. The molecule has 3 heterocycles. The van der Waals surface area contributed by atoms with E-state index in [-0.39, 0.29) is 5.75 Å². The molecule has 0 spiro atoms. The Morgan fingerprint density at radius 1 is 1.31 bits per heavy atom. The van der Waals surface area contributed by atoms with Gasteiger partial charge in [0.1, 0.15) is 5.01 Å². The van der Waals surface area contributed by atoms with Crippen molar-refractivity contribution < 1.29 is 18.7 Å². The first-order valence-electron chi connectivity index (χ1n) is 9.95. The van der Waals surface area contributed by atoms with Gasteiger partial charge in [-0.25, -0.2) is 9.37 Å². The van der Waals surface area contributed by atoms with Gasteiger partial charge in [-0.2, -0.15) is 5.10 Å². The van der Waals surface area contributed by atoms with Crippen LogP contribution in [0.5, 0.6) is 5.75 Å². The summed E-state index contributed by atoms with van der Waals surface area (Å²) in [6.45, 7) is 1.67. The van der Waals surface area contributed by atoms with Gasteiger partial charge in [0.15, 0.2) is 17.7 Å². The van der Waals surface area contributed by atoms with Crippen LogP contribution in [-0.2, 0) is 16.0 Å². The predicted octanol–water partition coefficient (Wildman–Crippen LogP) is 2.27. The van der Waals surface area contributed by atoms with Crippen molar-refractivity contribution in [2.45, 2.75) is 18.9 Å². The number of ether oxygens (including phenoxy) is 2. The summed E-state index contributed by atoms with van der Waals surface area (Å²) in [5.41, 5.74) is 0.469. The van der Waals surface area contributed by atoms with Crippen LogP contribution in [0.3, 0.4) is 0 Å². The van der Waals surface area contributed by atoms with Crippen molar-refractivity contribution in [2.24, 2.45) is 5.92 Å². The Hall–Kier alpha value is -3.25. The topological polar surface area (TPSA) is 115 Å². The number of hydrogen-bond acceptors (Lipinski definition) is 10. The van der Waals surface area contributed by atoms with Gasteiger partial charge < -0.3 is 14.4 Å². The quantitative estimate of drug-likeness (QED) is 0.541. The highest BCUT2D eigenvalue weighted by atomic mass is 32.1. The van der Waals surface area contributed by atoms with Crippen LogP contribution < -0.4 is 15.0 Å². The van der Waals surface area contributed by atoms with Crippen LogP contribution in [0.4, 0.5) is 15.5 Å². The molecule has 12 heteroatoms. The van der Waals surface area contributed by atoms with Crippen LogP contribution in [0.2, 0.25) is 0 Å². The van der Waals surface area contributed by atoms with Crippen molar-refractivity contribution in [3.05, 3.63) is 47.0 Å². The molecule has 1 aliphatic rings. The Morgan fingerprint density at radius 2 is 2.19 bits per heavy atom. The second-order valence-electron chi connectivity index (χ2n) is 7.25. The van der Waals surface area contributed by atoms with E-state index in [4.69, 9.17) is 9.47 Å². The number of benzene rings is 1. The summed E-state index contributed by atoms with van der Waals surface area (Å²) in [4.78, 5) is 19.1. The molecule has 168 valence electrons. The minimum absolute atomic E-state index is 0.0397. The molecule has 1 amide bonds. The van der Waals surface area contributed by atoms with E-state index in [1.54, 1.807) is 12.4 Å². The fourth-order valence-electron chi connectivity index (χ4n) is 3.60. The number of halogens is 1. The van der Waals surface area contributed by atoms with Gasteiger partial charge in [0.2, 0.25) is 11.1 Å². The average molecular weight is 460 g/mol. The van der Waals surface area contributed by atoms with Crippen LogP contribution in [0.1, 0.15) is 23.1 Å². The third-order valence-electron chi connectivity index (χ3n) is 5.15. The van der Waals surface area contributed by atoms with E-state index in [1.165, 1.54) is 43.8 Å². The summed E-state index contributed by atoms with van der Waals surface area (Å²) < 4.78 is 24.0. The predicted molar refractivity (Wildman–Crippen MR) is 115 cm³/mol. The Bertz CT molecular complexity index is 1070. The van der Waals surface area contributed by atoms with Crippen LogP contribution in [0.15, 0.2) is 30.6 Å². The number of amides is 1. The molecule has 0 unspecified atom stereocenters. The van der Waals surface area contributed by atoms with Crippen molar-refractivity contribution in [2.75, 3.05) is 37.5 Å². The minimum Gasteiger partial charge on any atom is -0.494 e. The second kappa shape index (κ2) is 9.92. The molecule has 0 radical (unpaired) electrons. The summed E-state index contributed by atoms with van der Waals surface area (Å²) in [5, 5.41) is 20.2. The van der Waals surface area contributed by atoms with Gasteiger partial charge in [0.05, 0.1) is 19.5 Å². The van der Waals surface area contributed by atoms with Crippen molar-refractivity contribution in [1.29, 1.82) is 0 Å². The van der Waals surface area contributed by atoms with Crippen molar-refractivity contribution in [3.63, 3.8) is 0 Å². The molecule has 4 rings (SSSR count). The lowest BCUT2D eigenvalue weighted by Crippen LogP contribution is -2.22. The number of nitrogens with one attached hydrogen (secondary N) is 1. The van der Waals surface area contributed by atoms with E-state index in [2.05, 4.69) is 35.6 Å². The zero-order valence-corrected chi connectivity index (χ0v) is 18.4. The van der Waals surface area contributed by atoms with Crippen LogP contribution >= 0.6 is 11.3 Å². The van der Waals surface area contributed by atoms with E-state index in [0.29, 0.717) is 22.6 Å². The number of carbonyl (C=O) groups excluding carboxylic acids is 1. The molecule has 1 aliphatic heterocycles. The van der Waals surface area contributed by atoms with Gasteiger partial charge >= 0.3 is 0 Å². The molecule has 32 heavy (non-hydrogen) atoms. The summed E-state index contributed by atoms with van der Waals surface area (Å²) >= 11 is 1.32. The van der Waals surface area contributed by atoms with Gasteiger partial charge in [-0.05, 0) is 30.0 Å². The average Bonchev–Trinajstić information content (AvgIpc) is 3.46. The molecule has 3 aromatic rings. The molecular weight excluding hydrogens is 437 g/mol. The largest absolute Gasteiger partial charge is 0.494 e. The van der Waals surface area contributed by atoms with Gasteiger partial charge in [0, 0.05) is 26.6 Å². The van der Waals surface area contributed by atoms with Gasteiger partial charge in [0.25, 0.3) is 5.91 Å². The maximum absolute atomic E-state index is 13.7. The molecule has 0 aliphatic carbocycles. The van der Waals surface area contributed by atoms with Crippen LogP contribution in [0, 0.1) is 11.7 Å². The number of rotatable bonds is 8. The van der Waals surface area contributed by atoms with Crippen LogP contribution in [0.25, 0.3) is 0 Å². The Balaban J connectivity index is 1.36. The third-order valence-corrected chi connectivity index (χ3v) is 6.01. The normalized spacial score (nSPS) is 16.7. The number of aromatic nitrogens is 5. The molecular formula is C20H22FN7O3S. The SMILES string of the molecule is COc1cc([C@@H](OC)C(=O)Nc2nnc(C[C@@H]3CCN(c4nccnn4)C3)s2)ccc1F. The van der Waals surface area contributed by atoms with Crippen molar-refractivity contribution >= 4 is 28.3 Å². The Morgan fingerprint density at radius 3 is 2.94 bits per heavy atom. The van der Waals surface area contributed by atoms with E-state index in [9.17, 15) is 9.18 Å². The van der Waals surface area contributed by atoms with E-state index >= 15 is 0 Å². The number of anilines is 2. The lowest BCUT2D eigenvalue weighted by Gasteiger charge is -2.15. The number of methoxy groups -OCH3 is 2. The Labute approximate surface area is 187 Å². The summed E-state index contributed by atoms with van der Waals surface area (Å²) in [6, 6.07) is 4.15. The summed E-state index contributed by atoms with van der Waals surface area (Å²) in [7, 11) is 2.77. The summed E-state index contributed by atoms with van der Waals surface area (Å²) in [6.07, 6.45) is 3.96. The molecule has 0 saturated carbocycles. The van der Waals surface area contributed by atoms with Gasteiger partial charge in [-0.15, -0.1) is 15.3 Å². The maximum Gasteiger partial charge on any atom is 0.259 e. The molecule has 1 aromatic carbocycles. The lowest BCUT2D eigenvalue weighted by molar-refractivity contribution is -0.126. The van der Waals surface area contributed by atoms with E-state index in [0.717, 1.165) is 30.9 Å². The zero-order chi connectivity index (χ0) is 22.5. The first kappa shape index (κ1) is 22.0. The number of hydrogen-bond donors (Lipinski definition) is 1. The lowest BCUT2D eigenvalue weighted by atomic mass is 10.1. The van der Waals surface area contributed by atoms with Gasteiger partial charge in [-0.3, -0.25) is 10.1 Å². The molecule has 1 saturated heterocycles. The fraction of sp³-hybridized carbons (Fsp3) is 0.400.